The number of H-pyrrole nitrogens is 1. The first kappa shape index (κ1) is 21.4. The van der Waals surface area contributed by atoms with Gasteiger partial charge in [0.15, 0.2) is 5.69 Å². The van der Waals surface area contributed by atoms with Crippen molar-refractivity contribution in [1.82, 2.24) is 30.2 Å². The Morgan fingerprint density at radius 2 is 1.85 bits per heavy atom. The molecule has 9 nitrogen and oxygen atoms in total. The summed E-state index contributed by atoms with van der Waals surface area (Å²) in [5.41, 5.74) is 1.27. The van der Waals surface area contributed by atoms with Crippen molar-refractivity contribution in [3.63, 3.8) is 0 Å². The highest BCUT2D eigenvalue weighted by atomic mass is 16.2. The molecule has 2 bridgehead atoms. The number of nitrogens with zero attached hydrogens (tertiary/aromatic N) is 4. The first-order valence-electron chi connectivity index (χ1n) is 12.6. The average Bonchev–Trinajstić information content (AvgIpc) is 3.29. The van der Waals surface area contributed by atoms with Crippen LogP contribution in [0.1, 0.15) is 49.0 Å². The molecule has 1 aromatic heterocycles. The average molecular weight is 465 g/mol. The van der Waals surface area contributed by atoms with E-state index in [0.29, 0.717) is 49.0 Å². The van der Waals surface area contributed by atoms with E-state index in [4.69, 9.17) is 0 Å². The Labute approximate surface area is 198 Å². The molecule has 2 unspecified atom stereocenters. The lowest BCUT2D eigenvalue weighted by Gasteiger charge is -2.53. The maximum Gasteiger partial charge on any atom is 0.320 e. The topological polar surface area (TPSA) is 102 Å². The van der Waals surface area contributed by atoms with E-state index in [9.17, 15) is 14.4 Å². The molecule has 0 saturated carbocycles. The minimum Gasteiger partial charge on any atom is -0.348 e. The predicted molar refractivity (Wildman–Crippen MR) is 126 cm³/mol. The second-order valence-electron chi connectivity index (χ2n) is 10.4. The van der Waals surface area contributed by atoms with Gasteiger partial charge in [-0.05, 0) is 50.0 Å². The summed E-state index contributed by atoms with van der Waals surface area (Å²) in [6.45, 7) is 3.59. The van der Waals surface area contributed by atoms with Crippen LogP contribution in [0.5, 0.6) is 0 Å². The summed E-state index contributed by atoms with van der Waals surface area (Å²) in [4.78, 5) is 44.6. The van der Waals surface area contributed by atoms with Gasteiger partial charge in [-0.3, -0.25) is 14.7 Å². The molecular formula is C25H32N6O3. The molecule has 34 heavy (non-hydrogen) atoms. The number of hydrogen-bond donors (Lipinski definition) is 2. The van der Waals surface area contributed by atoms with Crippen LogP contribution in [0.4, 0.5) is 4.79 Å². The highest BCUT2D eigenvalue weighted by Gasteiger charge is 2.45. The number of nitrogens with one attached hydrogen (secondary N) is 2. The van der Waals surface area contributed by atoms with Crippen molar-refractivity contribution < 1.29 is 14.4 Å². The Bertz CT molecular complexity index is 1110. The number of carbonyl (C=O) groups is 3. The lowest BCUT2D eigenvalue weighted by atomic mass is 9.76. The summed E-state index contributed by atoms with van der Waals surface area (Å²) in [7, 11) is 0. The van der Waals surface area contributed by atoms with Crippen LogP contribution >= 0.6 is 0 Å². The van der Waals surface area contributed by atoms with Crippen LogP contribution in [0.2, 0.25) is 0 Å². The molecule has 2 aromatic rings. The quantitative estimate of drug-likeness (QED) is 0.712. The summed E-state index contributed by atoms with van der Waals surface area (Å²) in [6.07, 6.45) is 5.34. The molecule has 9 heteroatoms. The van der Waals surface area contributed by atoms with Crippen molar-refractivity contribution in [2.24, 2.45) is 11.8 Å². The van der Waals surface area contributed by atoms with Gasteiger partial charge in [-0.1, -0.05) is 18.2 Å². The molecule has 2 N–H and O–H groups in total. The van der Waals surface area contributed by atoms with Crippen LogP contribution in [0.3, 0.4) is 0 Å². The zero-order valence-electron chi connectivity index (χ0n) is 19.4. The summed E-state index contributed by atoms with van der Waals surface area (Å²) >= 11 is 0. The van der Waals surface area contributed by atoms with Crippen LogP contribution in [0.25, 0.3) is 10.9 Å². The fraction of sp³-hybridized carbons (Fsp3) is 0.600. The Balaban J connectivity index is 1.04. The lowest BCUT2D eigenvalue weighted by Crippen LogP contribution is -2.62. The summed E-state index contributed by atoms with van der Waals surface area (Å²) in [5, 5.41) is 11.0. The monoisotopic (exact) mass is 464 g/mol. The molecule has 0 spiro atoms. The van der Waals surface area contributed by atoms with Crippen LogP contribution in [0.15, 0.2) is 24.3 Å². The van der Waals surface area contributed by atoms with Gasteiger partial charge in [-0.25, -0.2) is 4.79 Å². The maximum absolute atomic E-state index is 13.3. The second-order valence-corrected chi connectivity index (χ2v) is 10.4. The van der Waals surface area contributed by atoms with Gasteiger partial charge in [-0.15, -0.1) is 0 Å². The van der Waals surface area contributed by atoms with Gasteiger partial charge in [0.05, 0.1) is 5.52 Å². The number of benzene rings is 1. The number of amides is 4. The Kier molecular flexibility index (Phi) is 5.42. The van der Waals surface area contributed by atoms with Gasteiger partial charge < -0.3 is 20.0 Å². The van der Waals surface area contributed by atoms with E-state index in [-0.39, 0.29) is 18.0 Å². The van der Waals surface area contributed by atoms with Gasteiger partial charge in [-0.2, -0.15) is 5.10 Å². The van der Waals surface area contributed by atoms with Crippen molar-refractivity contribution >= 4 is 28.7 Å². The lowest BCUT2D eigenvalue weighted by molar-refractivity contribution is -0.144. The van der Waals surface area contributed by atoms with E-state index < -0.39 is 0 Å². The van der Waals surface area contributed by atoms with Crippen molar-refractivity contribution in [2.75, 3.05) is 32.7 Å². The largest absolute Gasteiger partial charge is 0.348 e. The number of piperidine rings is 4. The van der Waals surface area contributed by atoms with Gasteiger partial charge in [0.2, 0.25) is 5.91 Å². The first-order chi connectivity index (χ1) is 16.6. The molecule has 1 aromatic carbocycles. The number of urea groups is 1. The third-order valence-corrected chi connectivity index (χ3v) is 8.24. The van der Waals surface area contributed by atoms with Gasteiger partial charge in [0, 0.05) is 56.6 Å². The molecule has 180 valence electrons. The third kappa shape index (κ3) is 3.80. The fourth-order valence-corrected chi connectivity index (χ4v) is 6.57. The van der Waals surface area contributed by atoms with Gasteiger partial charge in [0.25, 0.3) is 5.91 Å². The van der Waals surface area contributed by atoms with Gasteiger partial charge >= 0.3 is 6.03 Å². The third-order valence-electron chi connectivity index (χ3n) is 8.24. The summed E-state index contributed by atoms with van der Waals surface area (Å²) < 4.78 is 0. The summed E-state index contributed by atoms with van der Waals surface area (Å²) in [6, 6.07) is 8.08. The summed E-state index contributed by atoms with van der Waals surface area (Å²) in [5.74, 6) is 0.929. The number of rotatable bonds is 2. The second kappa shape index (κ2) is 8.60. The Hall–Kier alpha value is -3.10. The standard InChI is InChI=1S/C25H32N6O3/c32-22-7-3-6-21-17-12-16(14-31(21)22)13-30(15-17)25(34)29-10-8-18(9-11-29)26-24(33)23-19-4-1-2-5-20(19)27-28-23/h1-2,4-5,16-18,21H,3,6-15H2,(H,26,33)(H,27,28)/t16?,17?,21-/m1/s1. The molecule has 4 saturated heterocycles. The number of para-hydroxylation sites is 1. The van der Waals surface area contributed by atoms with Crippen molar-refractivity contribution in [3.8, 4) is 0 Å². The van der Waals surface area contributed by atoms with Crippen molar-refractivity contribution in [1.29, 1.82) is 0 Å². The van der Waals surface area contributed by atoms with Gasteiger partial charge in [0.1, 0.15) is 0 Å². The number of aromatic nitrogens is 2. The minimum atomic E-state index is -0.169. The Morgan fingerprint density at radius 3 is 2.71 bits per heavy atom. The maximum atomic E-state index is 13.3. The molecule has 4 aliphatic rings. The minimum absolute atomic E-state index is 0.0366. The SMILES string of the molecule is O=C(NC1CCN(C(=O)N2CC3CC(C2)[C@H]2CCCC(=O)N2C3)CC1)c1n[nH]c2ccccc12. The molecule has 5 heterocycles. The zero-order chi connectivity index (χ0) is 23.2. The van der Waals surface area contributed by atoms with E-state index in [1.807, 2.05) is 34.1 Å². The molecule has 0 radical (unpaired) electrons. The number of likely N-dealkylation sites (tertiary alicyclic amines) is 2. The van der Waals surface area contributed by atoms with Crippen LogP contribution in [0, 0.1) is 11.8 Å². The molecular weight excluding hydrogens is 432 g/mol. The van der Waals surface area contributed by atoms with E-state index in [1.54, 1.807) is 0 Å². The fourth-order valence-electron chi connectivity index (χ4n) is 6.57. The molecule has 4 fully saturated rings. The van der Waals surface area contributed by atoms with E-state index >= 15 is 0 Å². The zero-order valence-corrected chi connectivity index (χ0v) is 19.4. The van der Waals surface area contributed by atoms with Crippen molar-refractivity contribution in [3.05, 3.63) is 30.0 Å². The molecule has 0 aliphatic carbocycles. The smallest absolute Gasteiger partial charge is 0.320 e. The molecule has 4 aliphatic heterocycles. The molecule has 6 rings (SSSR count). The van der Waals surface area contributed by atoms with Crippen LogP contribution in [-0.2, 0) is 4.79 Å². The van der Waals surface area contributed by atoms with Crippen LogP contribution < -0.4 is 5.32 Å². The molecule has 3 atom stereocenters. The normalized spacial score (nSPS) is 27.6. The highest BCUT2D eigenvalue weighted by Crippen LogP contribution is 2.38. The predicted octanol–water partition coefficient (Wildman–Crippen LogP) is 2.21. The van der Waals surface area contributed by atoms with E-state index in [2.05, 4.69) is 20.4 Å². The number of carbonyl (C=O) groups excluding carboxylic acids is 3. The van der Waals surface area contributed by atoms with Crippen LogP contribution in [-0.4, -0.2) is 87.6 Å². The first-order valence-corrected chi connectivity index (χ1v) is 12.6. The van der Waals surface area contributed by atoms with E-state index in [1.165, 1.54) is 0 Å². The number of hydrogen-bond acceptors (Lipinski definition) is 4. The Morgan fingerprint density at radius 1 is 1.03 bits per heavy atom. The number of fused-ring (bicyclic) bond motifs is 5. The molecule has 4 amide bonds. The van der Waals surface area contributed by atoms with E-state index in [0.717, 1.165) is 62.6 Å². The highest BCUT2D eigenvalue weighted by molar-refractivity contribution is 6.04. The van der Waals surface area contributed by atoms with Crippen molar-refractivity contribution in [2.45, 2.75) is 50.6 Å². The number of aromatic amines is 1.